The highest BCUT2D eigenvalue weighted by molar-refractivity contribution is 7.09. The van der Waals surface area contributed by atoms with Crippen molar-refractivity contribution in [3.05, 3.63) is 64.1 Å². The summed E-state index contributed by atoms with van der Waals surface area (Å²) in [5, 5.41) is 4.36. The number of hydrazone groups is 1. The lowest BCUT2D eigenvalue weighted by Crippen LogP contribution is -2.36. The molecule has 0 atom stereocenters. The van der Waals surface area contributed by atoms with Crippen LogP contribution in [0.15, 0.2) is 53.2 Å². The summed E-state index contributed by atoms with van der Waals surface area (Å²) in [6.07, 6.45) is 4.47. The number of hydrogen-bond acceptors (Lipinski definition) is 8. The van der Waals surface area contributed by atoms with Crippen molar-refractivity contribution in [2.24, 2.45) is 5.10 Å². The number of aryl methyl sites for hydroxylation is 1. The van der Waals surface area contributed by atoms with E-state index in [1.165, 1.54) is 10.4 Å². The van der Waals surface area contributed by atoms with E-state index in [0.717, 1.165) is 44.0 Å². The van der Waals surface area contributed by atoms with Gasteiger partial charge in [-0.3, -0.25) is 10.4 Å². The van der Waals surface area contributed by atoms with Gasteiger partial charge >= 0.3 is 0 Å². The van der Waals surface area contributed by atoms with Gasteiger partial charge in [0.25, 0.3) is 0 Å². The molecule has 0 spiro atoms. The minimum Gasteiger partial charge on any atom is -0.477 e. The van der Waals surface area contributed by atoms with Crippen molar-refractivity contribution >= 4 is 29.1 Å². The molecule has 1 N–H and O–H groups in total. The first kappa shape index (κ1) is 20.3. The summed E-state index contributed by atoms with van der Waals surface area (Å²) in [7, 11) is 0. The van der Waals surface area contributed by atoms with E-state index in [0.29, 0.717) is 18.3 Å². The summed E-state index contributed by atoms with van der Waals surface area (Å²) in [5.74, 6) is 1.23. The zero-order valence-corrected chi connectivity index (χ0v) is 17.8. The first-order chi connectivity index (χ1) is 14.8. The molecule has 4 rings (SSSR count). The fourth-order valence-electron chi connectivity index (χ4n) is 3.17. The third kappa shape index (κ3) is 5.77. The summed E-state index contributed by atoms with van der Waals surface area (Å²) in [5.41, 5.74) is 8.17. The molecular weight excluding hydrogens is 398 g/mol. The molecule has 1 aliphatic heterocycles. The van der Waals surface area contributed by atoms with Crippen molar-refractivity contribution in [2.45, 2.75) is 13.3 Å². The van der Waals surface area contributed by atoms with E-state index in [9.17, 15) is 0 Å². The SMILES string of the molecule is Cc1cccc(C=NNc2cc(N3CCOCC3)cc(OCCc3cncs3)n2)c1. The molecule has 0 amide bonds. The lowest BCUT2D eigenvalue weighted by molar-refractivity contribution is 0.122. The highest BCUT2D eigenvalue weighted by Crippen LogP contribution is 2.25. The van der Waals surface area contributed by atoms with Crippen molar-refractivity contribution in [2.75, 3.05) is 43.2 Å². The lowest BCUT2D eigenvalue weighted by atomic mass is 10.2. The van der Waals surface area contributed by atoms with Crippen LogP contribution in [-0.4, -0.2) is 49.1 Å². The Bertz CT molecular complexity index is 971. The number of nitrogens with zero attached hydrogens (tertiary/aromatic N) is 4. The molecule has 0 radical (unpaired) electrons. The van der Waals surface area contributed by atoms with Crippen LogP contribution < -0.4 is 15.1 Å². The van der Waals surface area contributed by atoms with Gasteiger partial charge < -0.3 is 14.4 Å². The number of anilines is 2. The van der Waals surface area contributed by atoms with Crippen LogP contribution in [0.2, 0.25) is 0 Å². The molecule has 0 saturated carbocycles. The Hall–Kier alpha value is -2.97. The van der Waals surface area contributed by atoms with Crippen LogP contribution in [0.4, 0.5) is 11.5 Å². The Morgan fingerprint density at radius 3 is 2.97 bits per heavy atom. The highest BCUT2D eigenvalue weighted by Gasteiger charge is 2.14. The summed E-state index contributed by atoms with van der Waals surface area (Å²) in [6.45, 7) is 5.74. The maximum atomic E-state index is 5.95. The average molecular weight is 424 g/mol. The minimum absolute atomic E-state index is 0.549. The first-order valence-corrected chi connectivity index (χ1v) is 10.8. The zero-order valence-electron chi connectivity index (χ0n) is 17.0. The largest absolute Gasteiger partial charge is 0.477 e. The topological polar surface area (TPSA) is 71.9 Å². The minimum atomic E-state index is 0.549. The van der Waals surface area contributed by atoms with E-state index in [-0.39, 0.29) is 0 Å². The summed E-state index contributed by atoms with van der Waals surface area (Å²) in [6, 6.07) is 12.2. The smallest absolute Gasteiger partial charge is 0.217 e. The Labute approximate surface area is 180 Å². The van der Waals surface area contributed by atoms with E-state index in [2.05, 4.69) is 44.5 Å². The summed E-state index contributed by atoms with van der Waals surface area (Å²) < 4.78 is 11.4. The second-order valence-electron chi connectivity index (χ2n) is 7.00. The number of morpholine rings is 1. The van der Waals surface area contributed by atoms with E-state index < -0.39 is 0 Å². The van der Waals surface area contributed by atoms with Gasteiger partial charge in [0.05, 0.1) is 31.5 Å². The Kier molecular flexibility index (Phi) is 6.89. The van der Waals surface area contributed by atoms with E-state index in [4.69, 9.17) is 9.47 Å². The normalized spacial score (nSPS) is 14.2. The first-order valence-electron chi connectivity index (χ1n) is 9.97. The number of hydrogen-bond donors (Lipinski definition) is 1. The second kappa shape index (κ2) is 10.2. The second-order valence-corrected chi connectivity index (χ2v) is 7.97. The van der Waals surface area contributed by atoms with Crippen molar-refractivity contribution in [1.29, 1.82) is 0 Å². The number of benzene rings is 1. The molecule has 1 aliphatic rings. The van der Waals surface area contributed by atoms with E-state index in [1.807, 2.05) is 36.0 Å². The van der Waals surface area contributed by atoms with Gasteiger partial charge in [-0.2, -0.15) is 10.1 Å². The maximum Gasteiger partial charge on any atom is 0.217 e. The highest BCUT2D eigenvalue weighted by atomic mass is 32.1. The third-order valence-electron chi connectivity index (χ3n) is 4.68. The maximum absolute atomic E-state index is 5.95. The predicted molar refractivity (Wildman–Crippen MR) is 121 cm³/mol. The van der Waals surface area contributed by atoms with Gasteiger partial charge in [0.15, 0.2) is 5.82 Å². The molecule has 3 aromatic rings. The van der Waals surface area contributed by atoms with Crippen LogP contribution in [0.25, 0.3) is 0 Å². The van der Waals surface area contributed by atoms with Crippen LogP contribution in [-0.2, 0) is 11.2 Å². The van der Waals surface area contributed by atoms with Gasteiger partial charge in [-0.15, -0.1) is 11.3 Å². The molecule has 1 saturated heterocycles. The molecule has 30 heavy (non-hydrogen) atoms. The van der Waals surface area contributed by atoms with Crippen LogP contribution in [0, 0.1) is 6.92 Å². The van der Waals surface area contributed by atoms with Gasteiger partial charge in [0, 0.05) is 48.4 Å². The zero-order chi connectivity index (χ0) is 20.6. The van der Waals surface area contributed by atoms with Crippen LogP contribution in [0.5, 0.6) is 5.88 Å². The molecule has 0 aliphatic carbocycles. The van der Waals surface area contributed by atoms with Crippen LogP contribution >= 0.6 is 11.3 Å². The number of pyridine rings is 1. The van der Waals surface area contributed by atoms with Gasteiger partial charge in [-0.25, -0.2) is 0 Å². The van der Waals surface area contributed by atoms with Gasteiger partial charge in [0.1, 0.15) is 0 Å². The fraction of sp³-hybridized carbons (Fsp3) is 0.318. The molecule has 2 aromatic heterocycles. The standard InChI is InChI=1S/C22H25N5O2S/c1-17-3-2-4-18(11-17)14-24-26-21-12-19(27-6-9-28-10-7-27)13-22(25-21)29-8-5-20-15-23-16-30-20/h2-4,11-16H,5-10H2,1H3,(H,25,26). The number of aromatic nitrogens is 2. The number of rotatable bonds is 8. The molecule has 0 unspecified atom stereocenters. The summed E-state index contributed by atoms with van der Waals surface area (Å²) >= 11 is 1.63. The number of nitrogens with one attached hydrogen (secondary N) is 1. The molecule has 0 bridgehead atoms. The van der Waals surface area contributed by atoms with Gasteiger partial charge in [-0.05, 0) is 12.5 Å². The molecular formula is C22H25N5O2S. The average Bonchev–Trinajstić information content (AvgIpc) is 3.28. The quantitative estimate of drug-likeness (QED) is 0.439. The van der Waals surface area contributed by atoms with E-state index in [1.54, 1.807) is 17.6 Å². The Balaban J connectivity index is 1.47. The molecule has 156 valence electrons. The molecule has 3 heterocycles. The van der Waals surface area contributed by atoms with Crippen molar-refractivity contribution in [3.63, 3.8) is 0 Å². The predicted octanol–water partition coefficient (Wildman–Crippen LogP) is 3.75. The monoisotopic (exact) mass is 423 g/mol. The Morgan fingerprint density at radius 1 is 1.27 bits per heavy atom. The van der Waals surface area contributed by atoms with Crippen LogP contribution in [0.3, 0.4) is 0 Å². The molecule has 1 aromatic carbocycles. The Morgan fingerprint density at radius 2 is 2.17 bits per heavy atom. The van der Waals surface area contributed by atoms with Gasteiger partial charge in [-0.1, -0.05) is 29.8 Å². The van der Waals surface area contributed by atoms with Crippen molar-refractivity contribution in [3.8, 4) is 5.88 Å². The number of thiazole rings is 1. The molecule has 1 fully saturated rings. The lowest BCUT2D eigenvalue weighted by Gasteiger charge is -2.29. The summed E-state index contributed by atoms with van der Waals surface area (Å²) in [4.78, 5) is 12.2. The number of ether oxygens (including phenoxy) is 2. The fourth-order valence-corrected chi connectivity index (χ4v) is 3.75. The van der Waals surface area contributed by atoms with Crippen molar-refractivity contribution in [1.82, 2.24) is 9.97 Å². The molecule has 8 heteroatoms. The van der Waals surface area contributed by atoms with Crippen LogP contribution in [0.1, 0.15) is 16.0 Å². The van der Waals surface area contributed by atoms with Gasteiger partial charge in [0.2, 0.25) is 5.88 Å². The third-order valence-corrected chi connectivity index (χ3v) is 5.52. The van der Waals surface area contributed by atoms with Crippen molar-refractivity contribution < 1.29 is 9.47 Å². The molecule has 7 nitrogen and oxygen atoms in total. The van der Waals surface area contributed by atoms with E-state index >= 15 is 0 Å².